The van der Waals surface area contributed by atoms with Crippen LogP contribution in [0.4, 0.5) is 0 Å². The highest BCUT2D eigenvalue weighted by Gasteiger charge is 2.16. The van der Waals surface area contributed by atoms with Gasteiger partial charge in [-0.2, -0.15) is 0 Å². The van der Waals surface area contributed by atoms with E-state index in [4.69, 9.17) is 4.74 Å². The van der Waals surface area contributed by atoms with Gasteiger partial charge in [0.1, 0.15) is 5.75 Å². The van der Waals surface area contributed by atoms with Gasteiger partial charge in [-0.25, -0.2) is 13.1 Å². The third kappa shape index (κ3) is 5.30. The Hall–Kier alpha value is -2.16. The number of aryl methyl sites for hydroxylation is 2. The van der Waals surface area contributed by atoms with Crippen LogP contribution in [0.5, 0.6) is 5.75 Å². The monoisotopic (exact) mass is 448 g/mol. The maximum atomic E-state index is 12.7. The summed E-state index contributed by atoms with van der Waals surface area (Å²) in [7, 11) is -3.63. The van der Waals surface area contributed by atoms with Crippen molar-refractivity contribution in [2.75, 3.05) is 13.2 Å². The van der Waals surface area contributed by atoms with Gasteiger partial charge >= 0.3 is 4.87 Å². The average molecular weight is 449 g/mol. The summed E-state index contributed by atoms with van der Waals surface area (Å²) in [4.78, 5) is 12.3. The van der Waals surface area contributed by atoms with Gasteiger partial charge in [0, 0.05) is 13.1 Å². The Labute approximate surface area is 181 Å². The van der Waals surface area contributed by atoms with Crippen molar-refractivity contribution >= 4 is 31.6 Å². The van der Waals surface area contributed by atoms with E-state index in [2.05, 4.69) is 11.6 Å². The molecule has 3 rings (SSSR count). The fourth-order valence-electron chi connectivity index (χ4n) is 3.28. The first kappa shape index (κ1) is 22.5. The third-order valence-corrected chi connectivity index (χ3v) is 7.15. The second kappa shape index (κ2) is 10.2. The SMILES string of the molecule is CCCOc1ccccc1CCCNS(=O)(=O)c1ccc2c(c1)sc(=O)n2CCC. The zero-order valence-electron chi connectivity index (χ0n) is 17.4. The van der Waals surface area contributed by atoms with Crippen molar-refractivity contribution < 1.29 is 13.2 Å². The van der Waals surface area contributed by atoms with E-state index in [1.54, 1.807) is 22.8 Å². The van der Waals surface area contributed by atoms with Crippen LogP contribution in [0, 0.1) is 0 Å². The number of nitrogens with one attached hydrogen (secondary N) is 1. The summed E-state index contributed by atoms with van der Waals surface area (Å²) >= 11 is 1.08. The van der Waals surface area contributed by atoms with Crippen LogP contribution in [0.15, 0.2) is 52.2 Å². The zero-order valence-corrected chi connectivity index (χ0v) is 19.0. The van der Waals surface area contributed by atoms with Crippen molar-refractivity contribution in [1.29, 1.82) is 0 Å². The number of rotatable bonds is 11. The minimum absolute atomic E-state index is 0.0571. The Kier molecular flexibility index (Phi) is 7.69. The molecule has 0 aliphatic rings. The van der Waals surface area contributed by atoms with E-state index in [0.29, 0.717) is 30.8 Å². The number of benzene rings is 2. The fourth-order valence-corrected chi connectivity index (χ4v) is 5.41. The number of fused-ring (bicyclic) bond motifs is 1. The minimum Gasteiger partial charge on any atom is -0.493 e. The van der Waals surface area contributed by atoms with Gasteiger partial charge in [0.2, 0.25) is 10.0 Å². The van der Waals surface area contributed by atoms with Gasteiger partial charge in [0.15, 0.2) is 0 Å². The number of para-hydroxylation sites is 1. The summed E-state index contributed by atoms with van der Waals surface area (Å²) in [5.41, 5.74) is 1.86. The van der Waals surface area contributed by atoms with Crippen molar-refractivity contribution in [1.82, 2.24) is 9.29 Å². The normalized spacial score (nSPS) is 11.8. The van der Waals surface area contributed by atoms with Crippen LogP contribution < -0.4 is 14.3 Å². The number of hydrogen-bond donors (Lipinski definition) is 1. The Balaban J connectivity index is 1.64. The predicted octanol–water partition coefficient (Wildman–Crippen LogP) is 4.17. The molecule has 6 nitrogen and oxygen atoms in total. The quantitative estimate of drug-likeness (QED) is 0.447. The molecule has 1 N–H and O–H groups in total. The Morgan fingerprint density at radius 1 is 1.10 bits per heavy atom. The number of sulfonamides is 1. The number of ether oxygens (including phenoxy) is 1. The molecule has 1 aromatic heterocycles. The first-order valence-electron chi connectivity index (χ1n) is 10.3. The highest BCUT2D eigenvalue weighted by atomic mass is 32.2. The molecule has 1 heterocycles. The van der Waals surface area contributed by atoms with Crippen molar-refractivity contribution in [3.8, 4) is 5.75 Å². The molecule has 0 aliphatic carbocycles. The molecule has 3 aromatic rings. The molecule has 30 heavy (non-hydrogen) atoms. The molecule has 0 bridgehead atoms. The van der Waals surface area contributed by atoms with Crippen LogP contribution >= 0.6 is 11.3 Å². The summed E-state index contributed by atoms with van der Waals surface area (Å²) in [6, 6.07) is 12.7. The molecule has 0 saturated carbocycles. The molecule has 2 aromatic carbocycles. The van der Waals surface area contributed by atoms with Gasteiger partial charge in [-0.15, -0.1) is 0 Å². The second-order valence-electron chi connectivity index (χ2n) is 7.11. The molecule has 0 saturated heterocycles. The van der Waals surface area contributed by atoms with Gasteiger partial charge in [0.05, 0.1) is 21.7 Å². The molecule has 0 unspecified atom stereocenters. The van der Waals surface area contributed by atoms with Crippen molar-refractivity contribution in [2.45, 2.75) is 51.0 Å². The predicted molar refractivity (Wildman–Crippen MR) is 122 cm³/mol. The molecule has 0 spiro atoms. The Bertz CT molecular complexity index is 1150. The van der Waals surface area contributed by atoms with Gasteiger partial charge < -0.3 is 4.74 Å². The lowest BCUT2D eigenvalue weighted by molar-refractivity contribution is 0.314. The number of aromatic nitrogens is 1. The summed E-state index contributed by atoms with van der Waals surface area (Å²) < 4.78 is 36.2. The summed E-state index contributed by atoms with van der Waals surface area (Å²) in [6.45, 7) is 5.69. The van der Waals surface area contributed by atoms with Gasteiger partial charge in [0.25, 0.3) is 0 Å². The van der Waals surface area contributed by atoms with E-state index in [-0.39, 0.29) is 9.77 Å². The lowest BCUT2D eigenvalue weighted by Crippen LogP contribution is -2.25. The van der Waals surface area contributed by atoms with E-state index in [1.165, 1.54) is 0 Å². The van der Waals surface area contributed by atoms with Crippen molar-refractivity contribution in [3.05, 3.63) is 57.7 Å². The van der Waals surface area contributed by atoms with Crippen LogP contribution in [-0.4, -0.2) is 26.1 Å². The molecular weight excluding hydrogens is 420 g/mol. The topological polar surface area (TPSA) is 77.4 Å². The Morgan fingerprint density at radius 2 is 1.90 bits per heavy atom. The van der Waals surface area contributed by atoms with E-state index in [9.17, 15) is 13.2 Å². The van der Waals surface area contributed by atoms with Crippen LogP contribution in [0.3, 0.4) is 0 Å². The lowest BCUT2D eigenvalue weighted by atomic mass is 10.1. The molecule has 0 aliphatic heterocycles. The van der Waals surface area contributed by atoms with E-state index < -0.39 is 10.0 Å². The summed E-state index contributed by atoms with van der Waals surface area (Å²) in [6.07, 6.45) is 3.17. The summed E-state index contributed by atoms with van der Waals surface area (Å²) in [5, 5.41) is 0. The fraction of sp³-hybridized carbons (Fsp3) is 0.409. The molecule has 0 radical (unpaired) electrons. The Morgan fingerprint density at radius 3 is 2.67 bits per heavy atom. The van der Waals surface area contributed by atoms with Crippen LogP contribution in [0.25, 0.3) is 10.2 Å². The number of nitrogens with zero attached hydrogens (tertiary/aromatic N) is 1. The molecular formula is C22H28N2O4S2. The first-order valence-corrected chi connectivity index (χ1v) is 12.6. The van der Waals surface area contributed by atoms with Gasteiger partial charge in [-0.1, -0.05) is 43.4 Å². The standard InChI is InChI=1S/C22H28N2O4S2/c1-3-14-24-19-12-11-18(16-21(19)29-22(24)25)30(26,27)23-13-7-9-17-8-5-6-10-20(17)28-15-4-2/h5-6,8,10-12,16,23H,3-4,7,9,13-15H2,1-2H3. The highest BCUT2D eigenvalue weighted by Crippen LogP contribution is 2.22. The molecule has 8 heteroatoms. The van der Waals surface area contributed by atoms with E-state index in [1.807, 2.05) is 31.2 Å². The van der Waals surface area contributed by atoms with Crippen LogP contribution in [-0.2, 0) is 23.0 Å². The third-order valence-electron chi connectivity index (χ3n) is 4.75. The maximum Gasteiger partial charge on any atom is 0.308 e. The molecule has 0 atom stereocenters. The molecule has 0 amide bonds. The highest BCUT2D eigenvalue weighted by molar-refractivity contribution is 7.89. The van der Waals surface area contributed by atoms with Crippen molar-refractivity contribution in [3.63, 3.8) is 0 Å². The van der Waals surface area contributed by atoms with E-state index in [0.717, 1.165) is 47.4 Å². The van der Waals surface area contributed by atoms with Crippen LogP contribution in [0.1, 0.15) is 38.7 Å². The van der Waals surface area contributed by atoms with Crippen molar-refractivity contribution in [2.24, 2.45) is 0 Å². The minimum atomic E-state index is -3.63. The van der Waals surface area contributed by atoms with Crippen LogP contribution in [0.2, 0.25) is 0 Å². The number of thiazole rings is 1. The van der Waals surface area contributed by atoms with Gasteiger partial charge in [-0.3, -0.25) is 9.36 Å². The maximum absolute atomic E-state index is 12.7. The van der Waals surface area contributed by atoms with E-state index >= 15 is 0 Å². The lowest BCUT2D eigenvalue weighted by Gasteiger charge is -2.11. The van der Waals surface area contributed by atoms with Gasteiger partial charge in [-0.05, 0) is 55.5 Å². The average Bonchev–Trinajstić information content (AvgIpc) is 3.05. The first-order chi connectivity index (χ1) is 14.5. The molecule has 0 fully saturated rings. The molecule has 162 valence electrons. The second-order valence-corrected chi connectivity index (χ2v) is 9.87. The summed E-state index contributed by atoms with van der Waals surface area (Å²) in [5.74, 6) is 0.860. The zero-order chi connectivity index (χ0) is 21.6. The largest absolute Gasteiger partial charge is 0.493 e. The smallest absolute Gasteiger partial charge is 0.308 e. The number of hydrogen-bond acceptors (Lipinski definition) is 5.